The van der Waals surface area contributed by atoms with Crippen LogP contribution in [0, 0.1) is 0 Å². The molecule has 2 aromatic carbocycles. The molecule has 3 rings (SSSR count). The number of ether oxygens (including phenoxy) is 1. The molecule has 106 valence electrons. The Morgan fingerprint density at radius 2 is 2.10 bits per heavy atom. The van der Waals surface area contributed by atoms with Gasteiger partial charge in [-0.25, -0.2) is 9.78 Å². The number of halogens is 1. The molecule has 0 fully saturated rings. The molecule has 3 aromatic rings. The van der Waals surface area contributed by atoms with Crippen molar-refractivity contribution in [1.82, 2.24) is 4.98 Å². The highest BCUT2D eigenvalue weighted by atomic mass is 35.5. The van der Waals surface area contributed by atoms with E-state index in [0.717, 1.165) is 5.52 Å². The third-order valence-corrected chi connectivity index (χ3v) is 3.20. The molecule has 0 saturated carbocycles. The zero-order valence-corrected chi connectivity index (χ0v) is 11.5. The number of carbonyl (C=O) groups is 1. The molecule has 0 aliphatic heterocycles. The van der Waals surface area contributed by atoms with Gasteiger partial charge in [-0.15, -0.1) is 0 Å². The van der Waals surface area contributed by atoms with Crippen LogP contribution in [0.25, 0.3) is 11.1 Å². The Kier molecular flexibility index (Phi) is 3.50. The second kappa shape index (κ2) is 5.46. The average Bonchev–Trinajstić information content (AvgIpc) is 2.89. The van der Waals surface area contributed by atoms with Gasteiger partial charge in [-0.2, -0.15) is 0 Å². The highest BCUT2D eigenvalue weighted by Gasteiger charge is 2.11. The number of carboxylic acid groups (broad SMARTS) is 1. The highest BCUT2D eigenvalue weighted by molar-refractivity contribution is 6.33. The normalized spacial score (nSPS) is 10.7. The summed E-state index contributed by atoms with van der Waals surface area (Å²) in [7, 11) is 0. The van der Waals surface area contributed by atoms with E-state index in [1.165, 1.54) is 12.1 Å². The molecule has 1 heterocycles. The first kappa shape index (κ1) is 13.5. The van der Waals surface area contributed by atoms with Gasteiger partial charge in [0.25, 0.3) is 0 Å². The number of aromatic nitrogens is 1. The molecule has 1 aromatic heterocycles. The minimum atomic E-state index is -1.10. The SMILES string of the molecule is O=C(O)c1cc(OCc2nc3ccccc3o2)ccc1Cl. The first-order valence-electron chi connectivity index (χ1n) is 6.13. The highest BCUT2D eigenvalue weighted by Crippen LogP contribution is 2.23. The molecule has 0 aliphatic rings. The Bertz CT molecular complexity index is 779. The lowest BCUT2D eigenvalue weighted by Crippen LogP contribution is -2.00. The fourth-order valence-corrected chi connectivity index (χ4v) is 2.08. The molecule has 5 nitrogen and oxygen atoms in total. The van der Waals surface area contributed by atoms with Crippen molar-refractivity contribution in [2.45, 2.75) is 6.61 Å². The van der Waals surface area contributed by atoms with Crippen LogP contribution in [-0.4, -0.2) is 16.1 Å². The van der Waals surface area contributed by atoms with Crippen molar-refractivity contribution in [1.29, 1.82) is 0 Å². The van der Waals surface area contributed by atoms with Crippen molar-refractivity contribution in [2.24, 2.45) is 0 Å². The number of benzene rings is 2. The van der Waals surface area contributed by atoms with Crippen LogP contribution in [0.1, 0.15) is 16.2 Å². The maximum atomic E-state index is 11.0. The van der Waals surface area contributed by atoms with Crippen molar-refractivity contribution < 1.29 is 19.1 Å². The summed E-state index contributed by atoms with van der Waals surface area (Å²) in [4.78, 5) is 15.3. The Morgan fingerprint density at radius 3 is 2.86 bits per heavy atom. The molecular weight excluding hydrogens is 294 g/mol. The molecule has 0 radical (unpaired) electrons. The van der Waals surface area contributed by atoms with Crippen LogP contribution in [0.15, 0.2) is 46.9 Å². The first-order chi connectivity index (χ1) is 10.1. The van der Waals surface area contributed by atoms with Gasteiger partial charge in [0.15, 0.2) is 12.2 Å². The molecular formula is C15H10ClNO4. The summed E-state index contributed by atoms with van der Waals surface area (Å²) in [6.45, 7) is 0.107. The lowest BCUT2D eigenvalue weighted by Gasteiger charge is -2.05. The fraction of sp³-hybridized carbons (Fsp3) is 0.0667. The largest absolute Gasteiger partial charge is 0.484 e. The van der Waals surface area contributed by atoms with Gasteiger partial charge >= 0.3 is 5.97 Å². The number of rotatable bonds is 4. The number of nitrogens with zero attached hydrogens (tertiary/aromatic N) is 1. The fourth-order valence-electron chi connectivity index (χ4n) is 1.88. The first-order valence-corrected chi connectivity index (χ1v) is 6.51. The van der Waals surface area contributed by atoms with Gasteiger partial charge in [0, 0.05) is 0 Å². The van der Waals surface area contributed by atoms with Crippen LogP contribution in [0.2, 0.25) is 5.02 Å². The maximum absolute atomic E-state index is 11.0. The molecule has 0 bridgehead atoms. The summed E-state index contributed by atoms with van der Waals surface area (Å²) in [6, 6.07) is 11.8. The van der Waals surface area contributed by atoms with E-state index in [1.54, 1.807) is 6.07 Å². The number of para-hydroxylation sites is 2. The Labute approximate surface area is 124 Å². The number of oxazole rings is 1. The van der Waals surface area contributed by atoms with Crippen molar-refractivity contribution in [3.8, 4) is 5.75 Å². The second-order valence-corrected chi connectivity index (χ2v) is 4.72. The van der Waals surface area contributed by atoms with E-state index >= 15 is 0 Å². The standard InChI is InChI=1S/C15H10ClNO4/c16-11-6-5-9(7-10(11)15(18)19)20-8-14-17-12-3-1-2-4-13(12)21-14/h1-7H,8H2,(H,18,19). The van der Waals surface area contributed by atoms with Crippen LogP contribution in [-0.2, 0) is 6.61 Å². The van der Waals surface area contributed by atoms with Crippen molar-refractivity contribution >= 4 is 28.7 Å². The molecule has 21 heavy (non-hydrogen) atoms. The van der Waals surface area contributed by atoms with E-state index in [4.69, 9.17) is 25.9 Å². The van der Waals surface area contributed by atoms with Crippen LogP contribution in [0.3, 0.4) is 0 Å². The van der Waals surface area contributed by atoms with Crippen molar-refractivity contribution in [3.05, 3.63) is 58.9 Å². The van der Waals surface area contributed by atoms with E-state index in [9.17, 15) is 4.79 Å². The number of aromatic carboxylic acids is 1. The summed E-state index contributed by atoms with van der Waals surface area (Å²) in [5.41, 5.74) is 1.42. The van der Waals surface area contributed by atoms with E-state index in [0.29, 0.717) is 17.2 Å². The third kappa shape index (κ3) is 2.83. The van der Waals surface area contributed by atoms with Crippen LogP contribution < -0.4 is 4.74 Å². The zero-order valence-electron chi connectivity index (χ0n) is 10.7. The van der Waals surface area contributed by atoms with Crippen LogP contribution >= 0.6 is 11.6 Å². The van der Waals surface area contributed by atoms with Gasteiger partial charge < -0.3 is 14.3 Å². The topological polar surface area (TPSA) is 72.6 Å². The number of hydrogen-bond donors (Lipinski definition) is 1. The predicted octanol–water partition coefficient (Wildman–Crippen LogP) is 3.76. The predicted molar refractivity (Wildman–Crippen MR) is 76.8 cm³/mol. The molecule has 1 N–H and O–H groups in total. The molecule has 0 atom stereocenters. The van der Waals surface area contributed by atoms with Crippen LogP contribution in [0.4, 0.5) is 0 Å². The Hall–Kier alpha value is -2.53. The van der Waals surface area contributed by atoms with Gasteiger partial charge in [-0.3, -0.25) is 0 Å². The molecule has 0 aliphatic carbocycles. The summed E-state index contributed by atoms with van der Waals surface area (Å²) < 4.78 is 11.0. The summed E-state index contributed by atoms with van der Waals surface area (Å²) in [5.74, 6) is -0.297. The third-order valence-electron chi connectivity index (χ3n) is 2.87. The lowest BCUT2D eigenvalue weighted by atomic mass is 10.2. The monoisotopic (exact) mass is 303 g/mol. The number of hydrogen-bond acceptors (Lipinski definition) is 4. The molecule has 0 saturated heterocycles. The molecule has 0 unspecified atom stereocenters. The summed E-state index contributed by atoms with van der Waals surface area (Å²) >= 11 is 5.79. The number of carboxylic acids is 1. The van der Waals surface area contributed by atoms with E-state index < -0.39 is 5.97 Å². The quantitative estimate of drug-likeness (QED) is 0.794. The average molecular weight is 304 g/mol. The van der Waals surface area contributed by atoms with Crippen molar-refractivity contribution in [3.63, 3.8) is 0 Å². The van der Waals surface area contributed by atoms with E-state index in [1.807, 2.05) is 24.3 Å². The minimum absolute atomic E-state index is 0.00766. The Morgan fingerprint density at radius 1 is 1.29 bits per heavy atom. The lowest BCUT2D eigenvalue weighted by molar-refractivity contribution is 0.0696. The van der Waals surface area contributed by atoms with E-state index in [-0.39, 0.29) is 17.2 Å². The van der Waals surface area contributed by atoms with Crippen LogP contribution in [0.5, 0.6) is 5.75 Å². The summed E-state index contributed by atoms with van der Waals surface area (Å²) in [5, 5.41) is 9.16. The maximum Gasteiger partial charge on any atom is 0.337 e. The number of fused-ring (bicyclic) bond motifs is 1. The minimum Gasteiger partial charge on any atom is -0.484 e. The molecule has 0 spiro atoms. The van der Waals surface area contributed by atoms with Gasteiger partial charge in [0.05, 0.1) is 10.6 Å². The molecule has 6 heteroatoms. The van der Waals surface area contributed by atoms with Gasteiger partial charge in [0.1, 0.15) is 11.3 Å². The molecule has 0 amide bonds. The Balaban J connectivity index is 1.78. The second-order valence-electron chi connectivity index (χ2n) is 4.31. The van der Waals surface area contributed by atoms with E-state index in [2.05, 4.69) is 4.98 Å². The van der Waals surface area contributed by atoms with Gasteiger partial charge in [-0.1, -0.05) is 23.7 Å². The van der Waals surface area contributed by atoms with Gasteiger partial charge in [0.2, 0.25) is 5.89 Å². The summed E-state index contributed by atoms with van der Waals surface area (Å²) in [6.07, 6.45) is 0. The van der Waals surface area contributed by atoms with Gasteiger partial charge in [-0.05, 0) is 30.3 Å². The smallest absolute Gasteiger partial charge is 0.337 e. The zero-order chi connectivity index (χ0) is 14.8. The van der Waals surface area contributed by atoms with Crippen molar-refractivity contribution in [2.75, 3.05) is 0 Å².